The van der Waals surface area contributed by atoms with Crippen LogP contribution in [0.2, 0.25) is 0 Å². The fourth-order valence-corrected chi connectivity index (χ4v) is 2.77. The van der Waals surface area contributed by atoms with Crippen LogP contribution >= 0.6 is 0 Å². The minimum atomic E-state index is -0.184. The van der Waals surface area contributed by atoms with Gasteiger partial charge in [-0.15, -0.1) is 0 Å². The monoisotopic (exact) mass is 366 g/mol. The molecule has 1 heterocycles. The summed E-state index contributed by atoms with van der Waals surface area (Å²) in [5, 5.41) is 2.91. The lowest BCUT2D eigenvalue weighted by molar-refractivity contribution is 0.102. The average Bonchev–Trinajstić information content (AvgIpc) is 2.76. The molecule has 0 bridgehead atoms. The molecule has 4 aromatic rings. The van der Waals surface area contributed by atoms with E-state index >= 15 is 0 Å². The lowest BCUT2D eigenvalue weighted by atomic mass is 10.1. The summed E-state index contributed by atoms with van der Waals surface area (Å²) in [7, 11) is 0. The molecule has 0 saturated carbocycles. The normalized spacial score (nSPS) is 10.3. The Morgan fingerprint density at radius 3 is 2.11 bits per heavy atom. The SMILES string of the molecule is O=C(Nc1ccc(Oc2ccccc2)cc1)c1ccnc(-c2ccccc2)c1. The number of carbonyl (C=O) groups excluding carboxylic acids is 1. The summed E-state index contributed by atoms with van der Waals surface area (Å²) in [5.74, 6) is 1.29. The Labute approximate surface area is 163 Å². The second-order valence-corrected chi connectivity index (χ2v) is 6.19. The first-order valence-electron chi connectivity index (χ1n) is 8.94. The van der Waals surface area contributed by atoms with E-state index in [2.05, 4.69) is 10.3 Å². The molecule has 1 N–H and O–H groups in total. The number of nitrogens with zero attached hydrogens (tertiary/aromatic N) is 1. The van der Waals surface area contributed by atoms with Crippen LogP contribution in [0, 0.1) is 0 Å². The lowest BCUT2D eigenvalue weighted by Crippen LogP contribution is -2.12. The molecule has 136 valence electrons. The minimum absolute atomic E-state index is 0.184. The number of nitrogens with one attached hydrogen (secondary N) is 1. The number of hydrogen-bond donors (Lipinski definition) is 1. The third-order valence-electron chi connectivity index (χ3n) is 4.18. The van der Waals surface area contributed by atoms with E-state index < -0.39 is 0 Å². The number of para-hydroxylation sites is 1. The van der Waals surface area contributed by atoms with Crippen LogP contribution in [-0.4, -0.2) is 10.9 Å². The van der Waals surface area contributed by atoms with Crippen molar-refractivity contribution in [2.75, 3.05) is 5.32 Å². The maximum atomic E-state index is 12.6. The van der Waals surface area contributed by atoms with Gasteiger partial charge in [-0.1, -0.05) is 48.5 Å². The van der Waals surface area contributed by atoms with Crippen molar-refractivity contribution >= 4 is 11.6 Å². The van der Waals surface area contributed by atoms with Gasteiger partial charge in [0.15, 0.2) is 0 Å². The van der Waals surface area contributed by atoms with E-state index in [-0.39, 0.29) is 5.91 Å². The van der Waals surface area contributed by atoms with Crippen LogP contribution in [0.5, 0.6) is 11.5 Å². The fraction of sp³-hybridized carbons (Fsp3) is 0. The topological polar surface area (TPSA) is 51.2 Å². The van der Waals surface area contributed by atoms with Gasteiger partial charge in [-0.05, 0) is 48.5 Å². The molecule has 0 fully saturated rings. The Kier molecular flexibility index (Phi) is 5.11. The molecule has 4 rings (SSSR count). The van der Waals surface area contributed by atoms with E-state index in [9.17, 15) is 4.79 Å². The molecule has 3 aromatic carbocycles. The zero-order valence-electron chi connectivity index (χ0n) is 15.1. The molecule has 1 amide bonds. The van der Waals surface area contributed by atoms with Gasteiger partial charge in [-0.3, -0.25) is 9.78 Å². The van der Waals surface area contributed by atoms with Crippen molar-refractivity contribution < 1.29 is 9.53 Å². The van der Waals surface area contributed by atoms with Gasteiger partial charge in [-0.25, -0.2) is 0 Å². The van der Waals surface area contributed by atoms with Crippen molar-refractivity contribution in [1.29, 1.82) is 0 Å². The van der Waals surface area contributed by atoms with Gasteiger partial charge in [0.25, 0.3) is 5.91 Å². The van der Waals surface area contributed by atoms with Crippen molar-refractivity contribution in [3.05, 3.63) is 109 Å². The van der Waals surface area contributed by atoms with Crippen molar-refractivity contribution in [3.8, 4) is 22.8 Å². The number of rotatable bonds is 5. The highest BCUT2D eigenvalue weighted by atomic mass is 16.5. The van der Waals surface area contributed by atoms with Crippen LogP contribution in [0.4, 0.5) is 5.69 Å². The third kappa shape index (κ3) is 4.24. The van der Waals surface area contributed by atoms with Crippen molar-refractivity contribution in [2.24, 2.45) is 0 Å². The van der Waals surface area contributed by atoms with Crippen LogP contribution in [0.1, 0.15) is 10.4 Å². The van der Waals surface area contributed by atoms with Gasteiger partial charge < -0.3 is 10.1 Å². The lowest BCUT2D eigenvalue weighted by Gasteiger charge is -2.09. The van der Waals surface area contributed by atoms with Crippen molar-refractivity contribution in [1.82, 2.24) is 4.98 Å². The largest absolute Gasteiger partial charge is 0.457 e. The molecule has 0 aliphatic rings. The first-order valence-corrected chi connectivity index (χ1v) is 8.94. The summed E-state index contributed by atoms with van der Waals surface area (Å²) in [6, 6.07) is 30.1. The third-order valence-corrected chi connectivity index (χ3v) is 4.18. The van der Waals surface area contributed by atoms with Gasteiger partial charge in [0.2, 0.25) is 0 Å². The van der Waals surface area contributed by atoms with E-state index in [0.29, 0.717) is 17.0 Å². The van der Waals surface area contributed by atoms with Gasteiger partial charge >= 0.3 is 0 Å². The second kappa shape index (κ2) is 8.18. The number of anilines is 1. The Balaban J connectivity index is 1.45. The van der Waals surface area contributed by atoms with Gasteiger partial charge in [0, 0.05) is 23.0 Å². The number of ether oxygens (including phenoxy) is 1. The van der Waals surface area contributed by atoms with Crippen molar-refractivity contribution in [3.63, 3.8) is 0 Å². The number of benzene rings is 3. The number of pyridine rings is 1. The molecule has 0 aliphatic heterocycles. The van der Waals surface area contributed by atoms with E-state index in [0.717, 1.165) is 17.0 Å². The summed E-state index contributed by atoms with van der Waals surface area (Å²) >= 11 is 0. The molecule has 28 heavy (non-hydrogen) atoms. The molecular formula is C24H18N2O2. The number of aromatic nitrogens is 1. The highest BCUT2D eigenvalue weighted by Crippen LogP contribution is 2.23. The highest BCUT2D eigenvalue weighted by molar-refractivity contribution is 6.04. The smallest absolute Gasteiger partial charge is 0.255 e. The minimum Gasteiger partial charge on any atom is -0.457 e. The first-order chi connectivity index (χ1) is 13.8. The standard InChI is InChI=1S/C24H18N2O2/c27-24(19-15-16-25-23(17-19)18-7-3-1-4-8-18)26-20-11-13-22(14-12-20)28-21-9-5-2-6-10-21/h1-17H,(H,26,27). The quantitative estimate of drug-likeness (QED) is 0.486. The van der Waals surface area contributed by atoms with Crippen LogP contribution < -0.4 is 10.1 Å². The zero-order valence-corrected chi connectivity index (χ0v) is 15.1. The summed E-state index contributed by atoms with van der Waals surface area (Å²) in [6.07, 6.45) is 1.65. The molecule has 0 radical (unpaired) electrons. The average molecular weight is 366 g/mol. The van der Waals surface area contributed by atoms with E-state index in [1.165, 1.54) is 0 Å². The molecule has 0 spiro atoms. The van der Waals surface area contributed by atoms with Crippen LogP contribution in [0.15, 0.2) is 103 Å². The van der Waals surface area contributed by atoms with Gasteiger partial charge in [0.1, 0.15) is 11.5 Å². The van der Waals surface area contributed by atoms with Gasteiger partial charge in [-0.2, -0.15) is 0 Å². The molecule has 4 heteroatoms. The second-order valence-electron chi connectivity index (χ2n) is 6.19. The highest BCUT2D eigenvalue weighted by Gasteiger charge is 2.09. The predicted molar refractivity (Wildman–Crippen MR) is 111 cm³/mol. The number of carbonyl (C=O) groups is 1. The molecular weight excluding hydrogens is 348 g/mol. The maximum absolute atomic E-state index is 12.6. The fourth-order valence-electron chi connectivity index (χ4n) is 2.77. The van der Waals surface area contributed by atoms with E-state index in [1.54, 1.807) is 18.3 Å². The number of hydrogen-bond acceptors (Lipinski definition) is 3. The van der Waals surface area contributed by atoms with Crippen LogP contribution in [0.3, 0.4) is 0 Å². The first kappa shape index (κ1) is 17.5. The summed E-state index contributed by atoms with van der Waals surface area (Å²) in [5.41, 5.74) is 2.99. The van der Waals surface area contributed by atoms with Crippen LogP contribution in [-0.2, 0) is 0 Å². The van der Waals surface area contributed by atoms with Crippen LogP contribution in [0.25, 0.3) is 11.3 Å². The van der Waals surface area contributed by atoms with E-state index in [1.807, 2.05) is 84.9 Å². The maximum Gasteiger partial charge on any atom is 0.255 e. The molecule has 0 aliphatic carbocycles. The molecule has 4 nitrogen and oxygen atoms in total. The van der Waals surface area contributed by atoms with E-state index in [4.69, 9.17) is 4.74 Å². The molecule has 0 unspecified atom stereocenters. The molecule has 0 saturated heterocycles. The molecule has 1 aromatic heterocycles. The Bertz CT molecular complexity index is 1060. The number of amides is 1. The van der Waals surface area contributed by atoms with Gasteiger partial charge in [0.05, 0.1) is 5.69 Å². The summed E-state index contributed by atoms with van der Waals surface area (Å²) in [6.45, 7) is 0. The Morgan fingerprint density at radius 1 is 0.750 bits per heavy atom. The summed E-state index contributed by atoms with van der Waals surface area (Å²) in [4.78, 5) is 17.0. The Morgan fingerprint density at radius 2 is 1.39 bits per heavy atom. The molecule has 0 atom stereocenters. The summed E-state index contributed by atoms with van der Waals surface area (Å²) < 4.78 is 5.77. The van der Waals surface area contributed by atoms with Crippen molar-refractivity contribution in [2.45, 2.75) is 0 Å². The predicted octanol–water partition coefficient (Wildman–Crippen LogP) is 5.79. The Hall–Kier alpha value is -3.92. The zero-order chi connectivity index (χ0) is 19.2.